The van der Waals surface area contributed by atoms with Crippen LogP contribution in [-0.2, 0) is 6.54 Å². The minimum atomic E-state index is 0.892. The van der Waals surface area contributed by atoms with Crippen LogP contribution >= 0.6 is 23.1 Å². The van der Waals surface area contributed by atoms with Crippen LogP contribution in [0.5, 0.6) is 0 Å². The molecule has 0 bridgehead atoms. The molecule has 1 aromatic heterocycles. The van der Waals surface area contributed by atoms with Gasteiger partial charge in [0.2, 0.25) is 5.52 Å². The molecule has 1 aliphatic heterocycles. The predicted octanol–water partition coefficient (Wildman–Crippen LogP) is 7.16. The third kappa shape index (κ3) is 4.84. The Morgan fingerprint density at radius 3 is 2.41 bits per heavy atom. The first-order valence-electron chi connectivity index (χ1n) is 11.2. The Kier molecular flexibility index (Phi) is 7.33. The van der Waals surface area contributed by atoms with Crippen molar-refractivity contribution in [3.63, 3.8) is 0 Å². The van der Waals surface area contributed by atoms with Gasteiger partial charge in [0.25, 0.3) is 5.01 Å². The second-order valence-corrected chi connectivity index (χ2v) is 9.91. The van der Waals surface area contributed by atoms with E-state index in [0.717, 1.165) is 24.2 Å². The second-order valence-electron chi connectivity index (χ2n) is 7.78. The van der Waals surface area contributed by atoms with Gasteiger partial charge in [-0.1, -0.05) is 29.2 Å². The number of hydrogen-bond acceptors (Lipinski definition) is 5. The Labute approximate surface area is 209 Å². The van der Waals surface area contributed by atoms with Crippen LogP contribution < -0.4 is 9.47 Å². The summed E-state index contributed by atoms with van der Waals surface area (Å²) in [6.45, 7) is 8.27. The molecule has 0 radical (unpaired) electrons. The van der Waals surface area contributed by atoms with E-state index in [2.05, 4.69) is 90.9 Å². The van der Waals surface area contributed by atoms with Crippen molar-refractivity contribution in [3.05, 3.63) is 81.4 Å². The third-order valence-corrected chi connectivity index (χ3v) is 7.73. The van der Waals surface area contributed by atoms with Crippen LogP contribution in [0.15, 0.2) is 70.1 Å². The van der Waals surface area contributed by atoms with E-state index in [4.69, 9.17) is 10.5 Å². The molecule has 0 N–H and O–H groups in total. The van der Waals surface area contributed by atoms with Crippen molar-refractivity contribution < 1.29 is 4.57 Å². The van der Waals surface area contributed by atoms with Crippen molar-refractivity contribution in [2.24, 2.45) is 0 Å². The third-order valence-electron chi connectivity index (χ3n) is 5.55. The van der Waals surface area contributed by atoms with Gasteiger partial charge >= 0.3 is 0 Å². The highest BCUT2D eigenvalue weighted by Gasteiger charge is 2.24. The van der Waals surface area contributed by atoms with E-state index in [1.54, 1.807) is 23.1 Å². The quantitative estimate of drug-likeness (QED) is 0.277. The van der Waals surface area contributed by atoms with Crippen LogP contribution in [-0.4, -0.2) is 6.54 Å². The Bertz CT molecular complexity index is 1440. The predicted molar refractivity (Wildman–Crippen MR) is 144 cm³/mol. The number of benzene rings is 2. The molecule has 4 rings (SSSR count). The molecular formula is C28H25N4S2+. The van der Waals surface area contributed by atoms with Crippen molar-refractivity contribution in [1.29, 1.82) is 10.5 Å². The number of nitriles is 2. The van der Waals surface area contributed by atoms with Gasteiger partial charge in [0.15, 0.2) is 0 Å². The average molecular weight is 482 g/mol. The number of nitrogens with zero attached hydrogens (tertiary/aromatic N) is 4. The molecule has 0 amide bonds. The molecule has 0 atom stereocenters. The van der Waals surface area contributed by atoms with Crippen LogP contribution in [0, 0.1) is 22.7 Å². The molecule has 3 aromatic rings. The van der Waals surface area contributed by atoms with Gasteiger partial charge in [-0.3, -0.25) is 0 Å². The fraction of sp³-hybridized carbons (Fsp3) is 0.179. The van der Waals surface area contributed by atoms with E-state index < -0.39 is 0 Å². The average Bonchev–Trinajstić information content (AvgIpc) is 3.36. The van der Waals surface area contributed by atoms with Crippen LogP contribution in [0.2, 0.25) is 0 Å². The summed E-state index contributed by atoms with van der Waals surface area (Å²) in [5.41, 5.74) is 5.69. The number of fused-ring (bicyclic) bond motifs is 2. The van der Waals surface area contributed by atoms with Crippen LogP contribution in [0.25, 0.3) is 28.4 Å². The van der Waals surface area contributed by atoms with Gasteiger partial charge in [0.05, 0.1) is 22.9 Å². The topological polar surface area (TPSA) is 54.7 Å². The number of anilines is 1. The maximum Gasteiger partial charge on any atom is 0.262 e. The van der Waals surface area contributed by atoms with E-state index in [9.17, 15) is 0 Å². The normalized spacial score (nSPS) is 14.9. The zero-order valence-corrected chi connectivity index (χ0v) is 21.1. The first kappa shape index (κ1) is 23.6. The van der Waals surface area contributed by atoms with Gasteiger partial charge in [-0.15, -0.1) is 0 Å². The van der Waals surface area contributed by atoms with E-state index in [1.807, 2.05) is 12.2 Å². The largest absolute Gasteiger partial charge is 0.335 e. The molecule has 0 saturated carbocycles. The minimum Gasteiger partial charge on any atom is -0.335 e. The van der Waals surface area contributed by atoms with Crippen molar-refractivity contribution in [3.8, 4) is 12.1 Å². The molecule has 34 heavy (non-hydrogen) atoms. The van der Waals surface area contributed by atoms with Crippen LogP contribution in [0.3, 0.4) is 0 Å². The molecule has 0 unspecified atom stereocenters. The van der Waals surface area contributed by atoms with E-state index in [1.165, 1.54) is 48.6 Å². The number of aromatic nitrogens is 1. The Morgan fingerprint density at radius 1 is 1.03 bits per heavy atom. The Balaban J connectivity index is 1.67. The number of thiazole rings is 1. The lowest BCUT2D eigenvalue weighted by atomic mass is 10.2. The molecule has 6 heteroatoms. The molecule has 4 nitrogen and oxygen atoms in total. The summed E-state index contributed by atoms with van der Waals surface area (Å²) in [5, 5.41) is 20.0. The van der Waals surface area contributed by atoms with Gasteiger partial charge in [0, 0.05) is 35.7 Å². The summed E-state index contributed by atoms with van der Waals surface area (Å²) in [6.07, 6.45) is 11.2. The SMILES string of the molecule is CCN1/C(=C/C(C)=C/c2sc3cc(/C=C\C#N)ccc3[n+]2CC)Sc2cc(/C=C/C#N)ccc21. The van der Waals surface area contributed by atoms with Gasteiger partial charge in [-0.05, 0) is 80.0 Å². The Hall–Kier alpha value is -3.58. The summed E-state index contributed by atoms with van der Waals surface area (Å²) < 4.78 is 3.55. The standard InChI is InChI=1S/C28H25N4S2/c1-4-31-23-12-10-21(8-6-14-29)18-25(23)33-27(31)16-20(3)17-28-32(5-2)24-13-11-22(9-7-15-30)19-26(24)34-28/h6-13,16-19H,4-5H2,1-3H3/q+1/b8-6-,9-7+. The van der Waals surface area contributed by atoms with Crippen LogP contribution in [0.4, 0.5) is 5.69 Å². The van der Waals surface area contributed by atoms with Crippen molar-refractivity contribution >= 4 is 57.2 Å². The summed E-state index contributed by atoms with van der Waals surface area (Å²) in [4.78, 5) is 3.55. The van der Waals surface area contributed by atoms with E-state index >= 15 is 0 Å². The minimum absolute atomic E-state index is 0.892. The Morgan fingerprint density at radius 2 is 1.74 bits per heavy atom. The molecule has 2 aromatic carbocycles. The maximum atomic E-state index is 8.81. The summed E-state index contributed by atoms with van der Waals surface area (Å²) >= 11 is 3.54. The number of hydrogen-bond donors (Lipinski definition) is 0. The lowest BCUT2D eigenvalue weighted by Gasteiger charge is -2.18. The first-order chi connectivity index (χ1) is 16.6. The highest BCUT2D eigenvalue weighted by molar-refractivity contribution is 8.03. The zero-order valence-electron chi connectivity index (χ0n) is 19.4. The molecule has 0 aliphatic carbocycles. The van der Waals surface area contributed by atoms with Gasteiger partial charge < -0.3 is 4.90 Å². The smallest absolute Gasteiger partial charge is 0.262 e. The number of allylic oxidation sites excluding steroid dienone is 4. The second kappa shape index (κ2) is 10.6. The molecule has 0 spiro atoms. The van der Waals surface area contributed by atoms with E-state index in [-0.39, 0.29) is 0 Å². The molecular weight excluding hydrogens is 456 g/mol. The molecule has 2 heterocycles. The zero-order chi connectivity index (χ0) is 24.1. The fourth-order valence-corrected chi connectivity index (χ4v) is 6.59. The van der Waals surface area contributed by atoms with Gasteiger partial charge in [-0.2, -0.15) is 15.1 Å². The molecule has 1 aliphatic rings. The molecule has 0 saturated heterocycles. The van der Waals surface area contributed by atoms with Gasteiger partial charge in [-0.25, -0.2) is 0 Å². The highest BCUT2D eigenvalue weighted by atomic mass is 32.2. The number of thioether (sulfide) groups is 1. The van der Waals surface area contributed by atoms with Gasteiger partial charge in [0.1, 0.15) is 11.2 Å². The lowest BCUT2D eigenvalue weighted by Crippen LogP contribution is -2.33. The maximum absolute atomic E-state index is 8.81. The monoisotopic (exact) mass is 481 g/mol. The number of rotatable bonds is 6. The molecule has 0 fully saturated rings. The van der Waals surface area contributed by atoms with Crippen molar-refractivity contribution in [1.82, 2.24) is 0 Å². The first-order valence-corrected chi connectivity index (χ1v) is 12.8. The van der Waals surface area contributed by atoms with E-state index in [0.29, 0.717) is 0 Å². The summed E-state index contributed by atoms with van der Waals surface area (Å²) in [6, 6.07) is 16.8. The number of aryl methyl sites for hydroxylation is 1. The fourth-order valence-electron chi connectivity index (χ4n) is 4.02. The van der Waals surface area contributed by atoms with Crippen molar-refractivity contribution in [2.45, 2.75) is 32.2 Å². The van der Waals surface area contributed by atoms with Crippen molar-refractivity contribution in [2.75, 3.05) is 11.4 Å². The summed E-state index contributed by atoms with van der Waals surface area (Å²) in [5.74, 6) is 0. The van der Waals surface area contributed by atoms with Crippen LogP contribution in [0.1, 0.15) is 36.9 Å². The summed E-state index contributed by atoms with van der Waals surface area (Å²) in [7, 11) is 0. The lowest BCUT2D eigenvalue weighted by molar-refractivity contribution is -0.665. The molecule has 168 valence electrons. The highest BCUT2D eigenvalue weighted by Crippen LogP contribution is 2.46.